The first kappa shape index (κ1) is 16.4. The number of nitrogens with zero attached hydrogens (tertiary/aromatic N) is 1. The maximum atomic E-state index is 13.2. The van der Waals surface area contributed by atoms with Crippen LogP contribution in [-0.2, 0) is 11.3 Å². The average molecular weight is 316 g/mol. The third kappa shape index (κ3) is 4.78. The summed E-state index contributed by atoms with van der Waals surface area (Å²) in [6.07, 6.45) is -3.73. The Morgan fingerprint density at radius 2 is 1.78 bits per heavy atom. The van der Waals surface area contributed by atoms with Crippen LogP contribution in [0.4, 0.5) is 13.6 Å². The van der Waals surface area contributed by atoms with Crippen molar-refractivity contribution in [3.8, 4) is 6.07 Å². The van der Waals surface area contributed by atoms with Crippen molar-refractivity contribution in [2.24, 2.45) is 0 Å². The lowest BCUT2D eigenvalue weighted by Crippen LogP contribution is -2.33. The SMILES string of the molecule is N#Cc1ccc([C@H](NC(=O)OCc2ccccc2)C(F)F)cc1. The lowest BCUT2D eigenvalue weighted by molar-refractivity contribution is 0.0829. The van der Waals surface area contributed by atoms with E-state index in [-0.39, 0.29) is 12.2 Å². The zero-order valence-corrected chi connectivity index (χ0v) is 12.1. The predicted molar refractivity (Wildman–Crippen MR) is 79.7 cm³/mol. The van der Waals surface area contributed by atoms with Crippen molar-refractivity contribution in [3.05, 3.63) is 71.3 Å². The molecule has 0 spiro atoms. The normalized spacial score (nSPS) is 11.6. The maximum Gasteiger partial charge on any atom is 0.408 e. The van der Waals surface area contributed by atoms with Crippen molar-refractivity contribution < 1.29 is 18.3 Å². The number of nitriles is 1. The number of halogens is 2. The number of alkyl carbamates (subject to hydrolysis) is 1. The van der Waals surface area contributed by atoms with E-state index in [1.807, 2.05) is 12.1 Å². The third-order valence-electron chi connectivity index (χ3n) is 3.14. The molecule has 0 aromatic heterocycles. The van der Waals surface area contributed by atoms with Gasteiger partial charge in [-0.3, -0.25) is 0 Å². The number of ether oxygens (including phenoxy) is 1. The standard InChI is InChI=1S/C17H14F2N2O2/c18-16(19)15(14-8-6-12(10-20)7-9-14)21-17(22)23-11-13-4-2-1-3-5-13/h1-9,15-16H,11H2,(H,21,22)/t15-/m0/s1. The Morgan fingerprint density at radius 3 is 2.35 bits per heavy atom. The molecule has 0 heterocycles. The highest BCUT2D eigenvalue weighted by atomic mass is 19.3. The fourth-order valence-electron chi connectivity index (χ4n) is 1.95. The zero-order valence-electron chi connectivity index (χ0n) is 12.1. The fourth-order valence-corrected chi connectivity index (χ4v) is 1.95. The van der Waals surface area contributed by atoms with Gasteiger partial charge in [0, 0.05) is 0 Å². The van der Waals surface area contributed by atoms with E-state index in [4.69, 9.17) is 10.00 Å². The molecule has 0 saturated carbocycles. The van der Waals surface area contributed by atoms with Gasteiger partial charge in [0.05, 0.1) is 11.6 Å². The Balaban J connectivity index is 1.98. The quantitative estimate of drug-likeness (QED) is 0.913. The van der Waals surface area contributed by atoms with E-state index >= 15 is 0 Å². The molecule has 6 heteroatoms. The molecule has 2 aromatic carbocycles. The minimum Gasteiger partial charge on any atom is -0.445 e. The number of rotatable bonds is 5. The van der Waals surface area contributed by atoms with Gasteiger partial charge in [0.1, 0.15) is 12.6 Å². The predicted octanol–water partition coefficient (Wildman–Crippen LogP) is 3.79. The molecule has 2 rings (SSSR count). The van der Waals surface area contributed by atoms with Crippen LogP contribution in [0.5, 0.6) is 0 Å². The highest BCUT2D eigenvalue weighted by Crippen LogP contribution is 2.21. The summed E-state index contributed by atoms with van der Waals surface area (Å²) in [5.74, 6) is 0. The minimum atomic E-state index is -2.80. The molecule has 0 fully saturated rings. The smallest absolute Gasteiger partial charge is 0.408 e. The van der Waals surface area contributed by atoms with E-state index in [9.17, 15) is 13.6 Å². The molecule has 0 aliphatic rings. The molecule has 4 nitrogen and oxygen atoms in total. The first-order valence-corrected chi connectivity index (χ1v) is 6.85. The molecular weight excluding hydrogens is 302 g/mol. The molecule has 0 aliphatic carbocycles. The molecule has 1 atom stereocenters. The molecule has 0 aliphatic heterocycles. The summed E-state index contributed by atoms with van der Waals surface area (Å²) in [6.45, 7) is -0.00397. The Morgan fingerprint density at radius 1 is 1.13 bits per heavy atom. The first-order chi connectivity index (χ1) is 11.1. The molecule has 0 bridgehead atoms. The second kappa shape index (κ2) is 7.90. The van der Waals surface area contributed by atoms with Crippen LogP contribution in [0.3, 0.4) is 0 Å². The van der Waals surface area contributed by atoms with Gasteiger partial charge in [-0.05, 0) is 23.3 Å². The number of hydrogen-bond acceptors (Lipinski definition) is 3. The van der Waals surface area contributed by atoms with E-state index in [0.717, 1.165) is 5.56 Å². The van der Waals surface area contributed by atoms with Crippen molar-refractivity contribution >= 4 is 6.09 Å². The van der Waals surface area contributed by atoms with Crippen molar-refractivity contribution in [2.45, 2.75) is 19.1 Å². The Kier molecular flexibility index (Phi) is 5.64. The van der Waals surface area contributed by atoms with Gasteiger partial charge in [-0.1, -0.05) is 42.5 Å². The lowest BCUT2D eigenvalue weighted by Gasteiger charge is -2.18. The summed E-state index contributed by atoms with van der Waals surface area (Å²) in [5.41, 5.74) is 1.32. The Hall–Kier alpha value is -2.94. The summed E-state index contributed by atoms with van der Waals surface area (Å²) in [6, 6.07) is 14.9. The number of alkyl halides is 2. The number of carbonyl (C=O) groups excluding carboxylic acids is 1. The number of nitrogens with one attached hydrogen (secondary N) is 1. The highest BCUT2D eigenvalue weighted by molar-refractivity contribution is 5.68. The van der Waals surface area contributed by atoms with E-state index in [1.54, 1.807) is 24.3 Å². The topological polar surface area (TPSA) is 62.1 Å². The Bertz CT molecular complexity index is 682. The largest absolute Gasteiger partial charge is 0.445 e. The third-order valence-corrected chi connectivity index (χ3v) is 3.14. The van der Waals surface area contributed by atoms with Crippen LogP contribution in [0.1, 0.15) is 22.7 Å². The van der Waals surface area contributed by atoms with Crippen LogP contribution in [0, 0.1) is 11.3 Å². The van der Waals surface area contributed by atoms with Gasteiger partial charge in [-0.15, -0.1) is 0 Å². The van der Waals surface area contributed by atoms with Gasteiger partial charge in [0.15, 0.2) is 0 Å². The number of carbonyl (C=O) groups is 1. The van der Waals surface area contributed by atoms with Crippen molar-refractivity contribution in [3.63, 3.8) is 0 Å². The number of hydrogen-bond donors (Lipinski definition) is 1. The molecule has 2 aromatic rings. The minimum absolute atomic E-state index is 0.00397. The molecule has 0 unspecified atom stereocenters. The van der Waals surface area contributed by atoms with E-state index in [2.05, 4.69) is 5.32 Å². The van der Waals surface area contributed by atoms with Crippen molar-refractivity contribution in [1.82, 2.24) is 5.32 Å². The second-order valence-corrected chi connectivity index (χ2v) is 4.75. The maximum absolute atomic E-state index is 13.2. The van der Waals surface area contributed by atoms with Gasteiger partial charge in [-0.25, -0.2) is 13.6 Å². The van der Waals surface area contributed by atoms with Gasteiger partial charge in [-0.2, -0.15) is 5.26 Å². The van der Waals surface area contributed by atoms with Gasteiger partial charge >= 0.3 is 6.09 Å². The van der Waals surface area contributed by atoms with Crippen LogP contribution in [-0.4, -0.2) is 12.5 Å². The molecule has 118 valence electrons. The fraction of sp³-hybridized carbons (Fsp3) is 0.176. The van der Waals surface area contributed by atoms with Crippen molar-refractivity contribution in [1.29, 1.82) is 5.26 Å². The molecular formula is C17H14F2N2O2. The molecule has 23 heavy (non-hydrogen) atoms. The van der Waals surface area contributed by atoms with Gasteiger partial charge in [0.25, 0.3) is 6.43 Å². The van der Waals surface area contributed by atoms with Crippen LogP contribution < -0.4 is 5.32 Å². The molecule has 1 N–H and O–H groups in total. The lowest BCUT2D eigenvalue weighted by atomic mass is 10.1. The first-order valence-electron chi connectivity index (χ1n) is 6.85. The summed E-state index contributed by atoms with van der Waals surface area (Å²) < 4.78 is 31.3. The van der Waals surface area contributed by atoms with Gasteiger partial charge in [0.2, 0.25) is 0 Å². The second-order valence-electron chi connectivity index (χ2n) is 4.75. The summed E-state index contributed by atoms with van der Waals surface area (Å²) in [7, 11) is 0. The Labute approximate surface area is 132 Å². The van der Waals surface area contributed by atoms with Crippen molar-refractivity contribution in [2.75, 3.05) is 0 Å². The van der Waals surface area contributed by atoms with E-state index in [1.165, 1.54) is 24.3 Å². The van der Waals surface area contributed by atoms with E-state index in [0.29, 0.717) is 5.56 Å². The highest BCUT2D eigenvalue weighted by Gasteiger charge is 2.25. The number of benzene rings is 2. The number of amides is 1. The van der Waals surface area contributed by atoms with Crippen LogP contribution in [0.25, 0.3) is 0 Å². The van der Waals surface area contributed by atoms with Crippen LogP contribution in [0.15, 0.2) is 54.6 Å². The van der Waals surface area contributed by atoms with E-state index < -0.39 is 18.6 Å². The summed E-state index contributed by atoms with van der Waals surface area (Å²) in [5, 5.41) is 10.9. The van der Waals surface area contributed by atoms with Crippen LogP contribution in [0.2, 0.25) is 0 Å². The molecule has 1 amide bonds. The summed E-state index contributed by atoms with van der Waals surface area (Å²) in [4.78, 5) is 11.7. The monoisotopic (exact) mass is 316 g/mol. The molecule has 0 radical (unpaired) electrons. The van der Waals surface area contributed by atoms with Crippen LogP contribution >= 0.6 is 0 Å². The zero-order chi connectivity index (χ0) is 16.7. The molecule has 0 saturated heterocycles. The van der Waals surface area contributed by atoms with Gasteiger partial charge < -0.3 is 10.1 Å². The average Bonchev–Trinajstić information content (AvgIpc) is 2.58. The summed E-state index contributed by atoms with van der Waals surface area (Å²) >= 11 is 0.